The van der Waals surface area contributed by atoms with Gasteiger partial charge in [-0.15, -0.1) is 0 Å². The molecule has 1 aromatic rings. The van der Waals surface area contributed by atoms with E-state index in [-0.39, 0.29) is 18.1 Å². The Labute approximate surface area is 151 Å². The minimum atomic E-state index is -0.165. The Bertz CT molecular complexity index is 590. The molecule has 1 saturated heterocycles. The second kappa shape index (κ2) is 8.33. The van der Waals surface area contributed by atoms with Crippen LogP contribution in [0.25, 0.3) is 0 Å². The van der Waals surface area contributed by atoms with Crippen molar-refractivity contribution in [1.29, 1.82) is 0 Å². The number of carbonyl (C=O) groups excluding carboxylic acids is 1. The normalized spacial score (nSPS) is 25.2. The highest BCUT2D eigenvalue weighted by molar-refractivity contribution is 5.76. The summed E-state index contributed by atoms with van der Waals surface area (Å²) in [6.07, 6.45) is 5.08. The number of amides is 1. The summed E-state index contributed by atoms with van der Waals surface area (Å²) in [5.41, 5.74) is 3.81. The highest BCUT2D eigenvalue weighted by Gasteiger charge is 2.38. The molecule has 1 aliphatic carbocycles. The third-order valence-electron chi connectivity index (χ3n) is 6.09. The number of nitrogens with one attached hydrogen (secondary N) is 2. The summed E-state index contributed by atoms with van der Waals surface area (Å²) in [5, 5.41) is 16.4. The van der Waals surface area contributed by atoms with Gasteiger partial charge in [0.15, 0.2) is 0 Å². The summed E-state index contributed by atoms with van der Waals surface area (Å²) in [7, 11) is 0. The van der Waals surface area contributed by atoms with E-state index in [1.54, 1.807) is 0 Å². The molecule has 3 N–H and O–H groups in total. The van der Waals surface area contributed by atoms with E-state index in [1.807, 2.05) is 0 Å². The monoisotopic (exact) mass is 344 g/mol. The molecule has 4 heteroatoms. The second-order valence-corrected chi connectivity index (χ2v) is 7.98. The van der Waals surface area contributed by atoms with Crippen LogP contribution in [0.2, 0.25) is 0 Å². The number of rotatable bonds is 6. The van der Waals surface area contributed by atoms with E-state index >= 15 is 0 Å². The molecule has 3 rings (SSSR count). The summed E-state index contributed by atoms with van der Waals surface area (Å²) in [6.45, 7) is 6.31. The van der Waals surface area contributed by atoms with Gasteiger partial charge in [-0.25, -0.2) is 0 Å². The molecule has 4 nitrogen and oxygen atoms in total. The zero-order chi connectivity index (χ0) is 17.8. The Hall–Kier alpha value is -1.39. The van der Waals surface area contributed by atoms with Crippen LogP contribution in [0.1, 0.15) is 48.8 Å². The molecule has 25 heavy (non-hydrogen) atoms. The highest BCUT2D eigenvalue weighted by atomic mass is 16.3. The minimum absolute atomic E-state index is 0.156. The van der Waals surface area contributed by atoms with Gasteiger partial charge < -0.3 is 15.7 Å². The van der Waals surface area contributed by atoms with E-state index in [0.29, 0.717) is 18.3 Å². The summed E-state index contributed by atoms with van der Waals surface area (Å²) < 4.78 is 0. The molecule has 1 atom stereocenters. The van der Waals surface area contributed by atoms with Crippen molar-refractivity contribution in [2.75, 3.05) is 13.1 Å². The van der Waals surface area contributed by atoms with E-state index in [4.69, 9.17) is 0 Å². The topological polar surface area (TPSA) is 61.4 Å². The van der Waals surface area contributed by atoms with E-state index in [1.165, 1.54) is 16.7 Å². The van der Waals surface area contributed by atoms with Crippen molar-refractivity contribution in [2.45, 2.75) is 64.5 Å². The number of aliphatic hydroxyl groups is 1. The largest absolute Gasteiger partial charge is 0.393 e. The van der Waals surface area contributed by atoms with Crippen molar-refractivity contribution in [3.05, 3.63) is 34.9 Å². The molecular weight excluding hydrogens is 312 g/mol. The van der Waals surface area contributed by atoms with Gasteiger partial charge in [-0.2, -0.15) is 0 Å². The molecule has 0 radical (unpaired) electrons. The van der Waals surface area contributed by atoms with E-state index < -0.39 is 0 Å². The van der Waals surface area contributed by atoms with Gasteiger partial charge in [-0.3, -0.25) is 4.79 Å². The number of aryl methyl sites for hydroxylation is 3. The number of aliphatic hydroxyl groups excluding tert-OH is 1. The third-order valence-corrected chi connectivity index (χ3v) is 6.09. The fourth-order valence-electron chi connectivity index (χ4n) is 4.22. The average Bonchev–Trinajstić information content (AvgIpc) is 2.59. The van der Waals surface area contributed by atoms with E-state index in [2.05, 4.69) is 42.7 Å². The predicted octanol–water partition coefficient (Wildman–Crippen LogP) is 2.49. The van der Waals surface area contributed by atoms with Crippen molar-refractivity contribution in [1.82, 2.24) is 10.6 Å². The number of hydrogen-bond donors (Lipinski definition) is 3. The summed E-state index contributed by atoms with van der Waals surface area (Å²) in [5.74, 6) is 1.15. The lowest BCUT2D eigenvalue weighted by molar-refractivity contribution is -0.123. The first-order valence-corrected chi connectivity index (χ1v) is 9.77. The molecule has 1 aliphatic heterocycles. The number of carbonyl (C=O) groups is 1. The van der Waals surface area contributed by atoms with Crippen molar-refractivity contribution < 1.29 is 9.90 Å². The standard InChI is InChI=1S/C21H32N2O2/c1-14-3-4-16(11-15(14)2)5-6-20(25)23-21(18-12-19(24)13-18)17-7-9-22-10-8-17/h3-4,11,17-19,21-22,24H,5-10,12-13H2,1-2H3,(H,23,25). The molecule has 1 unspecified atom stereocenters. The maximum Gasteiger partial charge on any atom is 0.220 e. The Morgan fingerprint density at radius 3 is 2.56 bits per heavy atom. The predicted molar refractivity (Wildman–Crippen MR) is 100 cm³/mol. The van der Waals surface area contributed by atoms with Gasteiger partial charge >= 0.3 is 0 Å². The zero-order valence-corrected chi connectivity index (χ0v) is 15.6. The molecule has 1 amide bonds. The first-order valence-electron chi connectivity index (χ1n) is 9.77. The Morgan fingerprint density at radius 2 is 1.92 bits per heavy atom. The molecule has 1 heterocycles. The van der Waals surface area contributed by atoms with Gasteiger partial charge in [-0.05, 0) is 87.6 Å². The third kappa shape index (κ3) is 4.83. The van der Waals surface area contributed by atoms with E-state index in [0.717, 1.165) is 45.2 Å². The molecule has 0 spiro atoms. The molecule has 1 saturated carbocycles. The molecular formula is C21H32N2O2. The fraction of sp³-hybridized carbons (Fsp3) is 0.667. The van der Waals surface area contributed by atoms with Gasteiger partial charge in [0.1, 0.15) is 0 Å². The SMILES string of the molecule is Cc1ccc(CCC(=O)NC(C2CCNCC2)C2CC(O)C2)cc1C. The van der Waals surface area contributed by atoms with Crippen LogP contribution in [0.5, 0.6) is 0 Å². The van der Waals surface area contributed by atoms with Crippen LogP contribution < -0.4 is 10.6 Å². The number of hydrogen-bond acceptors (Lipinski definition) is 3. The van der Waals surface area contributed by atoms with Crippen molar-refractivity contribution in [3.63, 3.8) is 0 Å². The van der Waals surface area contributed by atoms with Crippen molar-refractivity contribution in [3.8, 4) is 0 Å². The summed E-state index contributed by atoms with van der Waals surface area (Å²) in [6, 6.07) is 6.69. The van der Waals surface area contributed by atoms with Gasteiger partial charge in [-0.1, -0.05) is 18.2 Å². The second-order valence-electron chi connectivity index (χ2n) is 7.98. The lowest BCUT2D eigenvalue weighted by Crippen LogP contribution is -2.52. The molecule has 2 aliphatic rings. The van der Waals surface area contributed by atoms with Crippen molar-refractivity contribution >= 4 is 5.91 Å². The first-order chi connectivity index (χ1) is 12.0. The highest BCUT2D eigenvalue weighted by Crippen LogP contribution is 2.35. The number of piperidine rings is 1. The van der Waals surface area contributed by atoms with Crippen LogP contribution in [0.3, 0.4) is 0 Å². The molecule has 138 valence electrons. The Balaban J connectivity index is 1.54. The summed E-state index contributed by atoms with van der Waals surface area (Å²) >= 11 is 0. The molecule has 2 fully saturated rings. The molecule has 0 bridgehead atoms. The number of benzene rings is 1. The summed E-state index contributed by atoms with van der Waals surface area (Å²) in [4.78, 5) is 12.6. The fourth-order valence-corrected chi connectivity index (χ4v) is 4.22. The lowest BCUT2D eigenvalue weighted by atomic mass is 9.71. The van der Waals surface area contributed by atoms with Crippen LogP contribution in [-0.4, -0.2) is 36.2 Å². The van der Waals surface area contributed by atoms with Crippen LogP contribution in [0.15, 0.2) is 18.2 Å². The van der Waals surface area contributed by atoms with Gasteiger partial charge in [0.2, 0.25) is 5.91 Å². The van der Waals surface area contributed by atoms with Gasteiger partial charge in [0.05, 0.1) is 6.10 Å². The minimum Gasteiger partial charge on any atom is -0.393 e. The van der Waals surface area contributed by atoms with E-state index in [9.17, 15) is 9.90 Å². The van der Waals surface area contributed by atoms with Crippen LogP contribution >= 0.6 is 0 Å². The van der Waals surface area contributed by atoms with Crippen molar-refractivity contribution in [2.24, 2.45) is 11.8 Å². The Morgan fingerprint density at radius 1 is 1.20 bits per heavy atom. The smallest absolute Gasteiger partial charge is 0.220 e. The molecule has 0 aromatic heterocycles. The van der Waals surface area contributed by atoms with Crippen LogP contribution in [0.4, 0.5) is 0 Å². The quantitative estimate of drug-likeness (QED) is 0.743. The van der Waals surface area contributed by atoms with Crippen LogP contribution in [0, 0.1) is 25.7 Å². The zero-order valence-electron chi connectivity index (χ0n) is 15.6. The van der Waals surface area contributed by atoms with Gasteiger partial charge in [0, 0.05) is 12.5 Å². The maximum absolute atomic E-state index is 12.6. The first kappa shape index (κ1) is 18.4. The lowest BCUT2D eigenvalue weighted by Gasteiger charge is -2.43. The molecule has 1 aromatic carbocycles. The average molecular weight is 344 g/mol. The van der Waals surface area contributed by atoms with Gasteiger partial charge in [0.25, 0.3) is 0 Å². The van der Waals surface area contributed by atoms with Crippen LogP contribution in [-0.2, 0) is 11.2 Å². The maximum atomic E-state index is 12.6. The Kier molecular flexibility index (Phi) is 6.13.